The van der Waals surface area contributed by atoms with Crippen molar-refractivity contribution >= 4 is 5.96 Å². The fourth-order valence-electron chi connectivity index (χ4n) is 2.43. The van der Waals surface area contributed by atoms with Crippen molar-refractivity contribution in [1.29, 1.82) is 0 Å². The molecule has 0 spiro atoms. The fourth-order valence-corrected chi connectivity index (χ4v) is 2.43. The van der Waals surface area contributed by atoms with Crippen LogP contribution in [0.25, 0.3) is 0 Å². The highest BCUT2D eigenvalue weighted by atomic mass is 16.5. The van der Waals surface area contributed by atoms with E-state index >= 15 is 0 Å². The highest BCUT2D eigenvalue weighted by molar-refractivity contribution is 5.79. The van der Waals surface area contributed by atoms with Crippen molar-refractivity contribution in [3.05, 3.63) is 53.3 Å². The first kappa shape index (κ1) is 19.0. The minimum atomic E-state index is 0.617. The summed E-state index contributed by atoms with van der Waals surface area (Å²) < 4.78 is 7.54. The number of ether oxygens (including phenoxy) is 1. The minimum Gasteiger partial charge on any atom is -0.377 e. The Hall–Kier alpha value is -2.34. The Balaban J connectivity index is 1.99. The molecule has 1 aromatic heterocycles. The van der Waals surface area contributed by atoms with E-state index in [1.165, 1.54) is 11.1 Å². The van der Waals surface area contributed by atoms with Gasteiger partial charge in [0.1, 0.15) is 0 Å². The smallest absolute Gasteiger partial charge is 0.191 e. The standard InChI is InChI=1S/C19H29N5O/c1-4-12-25-15-17-9-7-6-8-16(17)13-21-19(20-5-2)22-14-18-10-11-23-24(18)3/h6-11H,4-5,12-15H2,1-3H3,(H2,20,21,22). The van der Waals surface area contributed by atoms with E-state index in [1.807, 2.05) is 29.9 Å². The van der Waals surface area contributed by atoms with Gasteiger partial charge in [-0.2, -0.15) is 5.10 Å². The van der Waals surface area contributed by atoms with Gasteiger partial charge in [-0.1, -0.05) is 31.2 Å². The quantitative estimate of drug-likeness (QED) is 0.417. The monoisotopic (exact) mass is 343 g/mol. The summed E-state index contributed by atoms with van der Waals surface area (Å²) in [7, 11) is 1.94. The van der Waals surface area contributed by atoms with E-state index in [4.69, 9.17) is 9.73 Å². The number of aliphatic imine (C=N–C) groups is 1. The van der Waals surface area contributed by atoms with Gasteiger partial charge in [0.15, 0.2) is 5.96 Å². The third-order valence-electron chi connectivity index (χ3n) is 3.84. The van der Waals surface area contributed by atoms with Crippen molar-refractivity contribution in [2.45, 2.75) is 40.0 Å². The van der Waals surface area contributed by atoms with Crippen LogP contribution in [0.15, 0.2) is 41.5 Å². The van der Waals surface area contributed by atoms with Gasteiger partial charge in [-0.05, 0) is 30.5 Å². The molecule has 6 heteroatoms. The molecule has 0 saturated heterocycles. The van der Waals surface area contributed by atoms with Crippen LogP contribution < -0.4 is 10.6 Å². The number of benzene rings is 1. The van der Waals surface area contributed by atoms with Gasteiger partial charge in [-0.25, -0.2) is 4.99 Å². The summed E-state index contributed by atoms with van der Waals surface area (Å²) in [5.41, 5.74) is 3.50. The van der Waals surface area contributed by atoms with Gasteiger partial charge >= 0.3 is 0 Å². The number of rotatable bonds is 9. The number of nitrogens with zero attached hydrogens (tertiary/aromatic N) is 3. The number of nitrogens with one attached hydrogen (secondary N) is 2. The average Bonchev–Trinajstić information content (AvgIpc) is 3.03. The van der Waals surface area contributed by atoms with Crippen molar-refractivity contribution in [2.24, 2.45) is 12.0 Å². The summed E-state index contributed by atoms with van der Waals surface area (Å²) in [5.74, 6) is 0.799. The number of aromatic nitrogens is 2. The SMILES string of the molecule is CCCOCc1ccccc1CN=C(NCC)NCc1ccnn1C. The predicted octanol–water partition coefficient (Wildman–Crippen LogP) is 2.60. The normalized spacial score (nSPS) is 11.6. The van der Waals surface area contributed by atoms with Gasteiger partial charge in [0.2, 0.25) is 0 Å². The molecular weight excluding hydrogens is 314 g/mol. The van der Waals surface area contributed by atoms with Crippen LogP contribution in [0.3, 0.4) is 0 Å². The molecule has 6 nitrogen and oxygen atoms in total. The predicted molar refractivity (Wildman–Crippen MR) is 101 cm³/mol. The van der Waals surface area contributed by atoms with E-state index in [0.717, 1.165) is 31.2 Å². The average molecular weight is 343 g/mol. The molecule has 0 bridgehead atoms. The molecule has 2 aromatic rings. The van der Waals surface area contributed by atoms with Gasteiger partial charge < -0.3 is 15.4 Å². The summed E-state index contributed by atoms with van der Waals surface area (Å²) in [6.07, 6.45) is 2.83. The van der Waals surface area contributed by atoms with Crippen molar-refractivity contribution in [1.82, 2.24) is 20.4 Å². The Morgan fingerprint density at radius 1 is 1.16 bits per heavy atom. The molecule has 2 rings (SSSR count). The molecule has 136 valence electrons. The molecule has 0 saturated carbocycles. The topological polar surface area (TPSA) is 63.5 Å². The maximum atomic E-state index is 5.68. The second-order valence-corrected chi connectivity index (χ2v) is 5.82. The zero-order chi connectivity index (χ0) is 17.9. The van der Waals surface area contributed by atoms with Crippen molar-refractivity contribution in [3.63, 3.8) is 0 Å². The minimum absolute atomic E-state index is 0.617. The van der Waals surface area contributed by atoms with E-state index in [1.54, 1.807) is 6.20 Å². The van der Waals surface area contributed by atoms with Crippen LogP contribution in [-0.4, -0.2) is 28.9 Å². The van der Waals surface area contributed by atoms with Gasteiger partial charge in [0, 0.05) is 26.4 Å². The van der Waals surface area contributed by atoms with Crippen LogP contribution in [0.2, 0.25) is 0 Å². The molecule has 1 aromatic carbocycles. The lowest BCUT2D eigenvalue weighted by Gasteiger charge is -2.13. The first-order valence-corrected chi connectivity index (χ1v) is 8.88. The first-order valence-electron chi connectivity index (χ1n) is 8.88. The van der Waals surface area contributed by atoms with Crippen molar-refractivity contribution < 1.29 is 4.74 Å². The highest BCUT2D eigenvalue weighted by Crippen LogP contribution is 2.11. The molecular formula is C19H29N5O. The van der Waals surface area contributed by atoms with Crippen LogP contribution >= 0.6 is 0 Å². The highest BCUT2D eigenvalue weighted by Gasteiger charge is 2.04. The van der Waals surface area contributed by atoms with Crippen LogP contribution in [0, 0.1) is 0 Å². The Morgan fingerprint density at radius 3 is 2.64 bits per heavy atom. The number of guanidine groups is 1. The van der Waals surface area contributed by atoms with Gasteiger partial charge in [0.05, 0.1) is 25.4 Å². The van der Waals surface area contributed by atoms with Crippen molar-refractivity contribution in [2.75, 3.05) is 13.2 Å². The van der Waals surface area contributed by atoms with Crippen LogP contribution in [-0.2, 0) is 31.5 Å². The Morgan fingerprint density at radius 2 is 1.96 bits per heavy atom. The molecule has 0 aliphatic rings. The van der Waals surface area contributed by atoms with Gasteiger partial charge in [-0.15, -0.1) is 0 Å². The first-order chi connectivity index (χ1) is 12.2. The summed E-state index contributed by atoms with van der Waals surface area (Å²) in [5, 5.41) is 10.8. The largest absolute Gasteiger partial charge is 0.377 e. The molecule has 0 fully saturated rings. The molecule has 0 amide bonds. The number of aryl methyl sites for hydroxylation is 1. The van der Waals surface area contributed by atoms with E-state index in [0.29, 0.717) is 19.7 Å². The summed E-state index contributed by atoms with van der Waals surface area (Å²) >= 11 is 0. The van der Waals surface area contributed by atoms with Crippen molar-refractivity contribution in [3.8, 4) is 0 Å². The van der Waals surface area contributed by atoms with E-state index in [2.05, 4.69) is 41.7 Å². The molecule has 2 N–H and O–H groups in total. The second kappa shape index (κ2) is 10.5. The Labute approximate surface area is 150 Å². The zero-order valence-electron chi connectivity index (χ0n) is 15.5. The fraction of sp³-hybridized carbons (Fsp3) is 0.474. The molecule has 0 atom stereocenters. The zero-order valence-corrected chi connectivity index (χ0v) is 15.5. The third kappa shape index (κ3) is 6.23. The van der Waals surface area contributed by atoms with E-state index in [9.17, 15) is 0 Å². The summed E-state index contributed by atoms with van der Waals surface area (Å²) in [6.45, 7) is 7.72. The molecule has 25 heavy (non-hydrogen) atoms. The molecule has 0 aliphatic heterocycles. The lowest BCUT2D eigenvalue weighted by molar-refractivity contribution is 0.121. The Bertz CT molecular complexity index is 665. The number of hydrogen-bond donors (Lipinski definition) is 2. The third-order valence-corrected chi connectivity index (χ3v) is 3.84. The number of hydrogen-bond acceptors (Lipinski definition) is 3. The van der Waals surface area contributed by atoms with Crippen LogP contribution in [0.1, 0.15) is 37.1 Å². The van der Waals surface area contributed by atoms with E-state index in [-0.39, 0.29) is 0 Å². The molecule has 1 heterocycles. The molecule has 0 aliphatic carbocycles. The Kier molecular flexibility index (Phi) is 7.98. The maximum absolute atomic E-state index is 5.68. The second-order valence-electron chi connectivity index (χ2n) is 5.82. The van der Waals surface area contributed by atoms with Gasteiger partial charge in [0.25, 0.3) is 0 Å². The molecule has 0 unspecified atom stereocenters. The lowest BCUT2D eigenvalue weighted by atomic mass is 10.1. The summed E-state index contributed by atoms with van der Waals surface area (Å²) in [4.78, 5) is 4.71. The molecule has 0 radical (unpaired) electrons. The van der Waals surface area contributed by atoms with Crippen LogP contribution in [0.5, 0.6) is 0 Å². The van der Waals surface area contributed by atoms with E-state index < -0.39 is 0 Å². The summed E-state index contributed by atoms with van der Waals surface area (Å²) in [6, 6.07) is 10.3. The maximum Gasteiger partial charge on any atom is 0.191 e. The van der Waals surface area contributed by atoms with Crippen LogP contribution in [0.4, 0.5) is 0 Å². The lowest BCUT2D eigenvalue weighted by Crippen LogP contribution is -2.37. The van der Waals surface area contributed by atoms with Gasteiger partial charge in [-0.3, -0.25) is 4.68 Å².